The molecule has 2 aliphatic rings. The number of rotatable bonds is 1. The normalized spacial score (nSPS) is 34.1. The summed E-state index contributed by atoms with van der Waals surface area (Å²) in [6.45, 7) is 0. The number of amides is 1. The maximum Gasteiger partial charge on any atom is 0.237 e. The summed E-state index contributed by atoms with van der Waals surface area (Å²) in [4.78, 5) is 10.8. The molecule has 0 saturated heterocycles. The van der Waals surface area contributed by atoms with E-state index in [-0.39, 0.29) is 11.8 Å². The lowest BCUT2D eigenvalue weighted by molar-refractivity contribution is -0.122. The summed E-state index contributed by atoms with van der Waals surface area (Å²) < 4.78 is 0. The quantitative estimate of drug-likeness (QED) is 0.290. The van der Waals surface area contributed by atoms with E-state index >= 15 is 0 Å². The van der Waals surface area contributed by atoms with Gasteiger partial charge in [-0.15, -0.1) is 0 Å². The van der Waals surface area contributed by atoms with Gasteiger partial charge in [0, 0.05) is 5.92 Å². The van der Waals surface area contributed by atoms with Gasteiger partial charge in [-0.05, 0) is 24.7 Å². The zero-order valence-electron chi connectivity index (χ0n) is 5.18. The highest BCUT2D eigenvalue weighted by Gasteiger charge is 2.65. The Bertz CT molecular complexity index is 162. The van der Waals surface area contributed by atoms with Gasteiger partial charge in [-0.2, -0.15) is 0 Å². The molecule has 0 aromatic rings. The molecule has 2 fully saturated rings. The second-order valence-electron chi connectivity index (χ2n) is 3.13. The van der Waals surface area contributed by atoms with E-state index in [2.05, 4.69) is 5.43 Å². The average molecular weight is 126 g/mol. The van der Waals surface area contributed by atoms with E-state index < -0.39 is 0 Å². The van der Waals surface area contributed by atoms with Crippen molar-refractivity contribution < 1.29 is 4.79 Å². The first kappa shape index (κ1) is 5.23. The van der Waals surface area contributed by atoms with Crippen LogP contribution in [0.2, 0.25) is 0 Å². The summed E-state index contributed by atoms with van der Waals surface area (Å²) in [5, 5.41) is 0. The third-order valence-electron chi connectivity index (χ3n) is 2.54. The second kappa shape index (κ2) is 1.29. The van der Waals surface area contributed by atoms with E-state index in [1.807, 2.05) is 0 Å². The van der Waals surface area contributed by atoms with Gasteiger partial charge in [0.25, 0.3) is 0 Å². The zero-order chi connectivity index (χ0) is 6.48. The van der Waals surface area contributed by atoms with E-state index in [4.69, 9.17) is 5.84 Å². The fourth-order valence-electron chi connectivity index (χ4n) is 1.53. The van der Waals surface area contributed by atoms with Crippen LogP contribution < -0.4 is 11.3 Å². The molecule has 2 rings (SSSR count). The molecule has 9 heavy (non-hydrogen) atoms. The molecule has 0 unspecified atom stereocenters. The lowest BCUT2D eigenvalue weighted by Gasteiger charge is -1.92. The van der Waals surface area contributed by atoms with Gasteiger partial charge < -0.3 is 0 Å². The summed E-state index contributed by atoms with van der Waals surface area (Å²) in [5.41, 5.74) is 2.63. The van der Waals surface area contributed by atoms with Gasteiger partial charge in [0.2, 0.25) is 5.91 Å². The van der Waals surface area contributed by atoms with Crippen molar-refractivity contribution in [1.29, 1.82) is 0 Å². The van der Waals surface area contributed by atoms with Crippen LogP contribution in [0.5, 0.6) is 0 Å². The molecule has 0 radical (unpaired) electrons. The molecule has 3 N–H and O–H groups in total. The Morgan fingerprint density at radius 3 is 2.67 bits per heavy atom. The third kappa shape index (κ3) is 0.580. The van der Waals surface area contributed by atoms with E-state index in [9.17, 15) is 4.79 Å². The van der Waals surface area contributed by atoms with Crippen molar-refractivity contribution in [2.45, 2.75) is 19.3 Å². The van der Waals surface area contributed by atoms with Gasteiger partial charge in [-0.25, -0.2) is 5.84 Å². The zero-order valence-corrected chi connectivity index (χ0v) is 5.18. The molecular weight excluding hydrogens is 116 g/mol. The van der Waals surface area contributed by atoms with Crippen LogP contribution in [0.3, 0.4) is 0 Å². The molecule has 3 nitrogen and oxygen atoms in total. The van der Waals surface area contributed by atoms with Crippen molar-refractivity contribution in [3.8, 4) is 0 Å². The Morgan fingerprint density at radius 2 is 2.33 bits per heavy atom. The first-order valence-electron chi connectivity index (χ1n) is 3.29. The van der Waals surface area contributed by atoms with Crippen molar-refractivity contribution >= 4 is 5.91 Å². The number of nitrogens with one attached hydrogen (secondary N) is 1. The predicted molar refractivity (Wildman–Crippen MR) is 32.1 cm³/mol. The molecule has 0 heterocycles. The Balaban J connectivity index is 1.96. The minimum Gasteiger partial charge on any atom is -0.294 e. The smallest absolute Gasteiger partial charge is 0.237 e. The van der Waals surface area contributed by atoms with Gasteiger partial charge in [-0.3, -0.25) is 10.2 Å². The maximum atomic E-state index is 10.8. The Kier molecular flexibility index (Phi) is 0.750. The van der Waals surface area contributed by atoms with Crippen LogP contribution in [0.1, 0.15) is 19.3 Å². The molecule has 0 aliphatic heterocycles. The largest absolute Gasteiger partial charge is 0.294 e. The number of hydrogen-bond acceptors (Lipinski definition) is 2. The molecule has 2 saturated carbocycles. The highest BCUT2D eigenvalue weighted by molar-refractivity contribution is 5.82. The van der Waals surface area contributed by atoms with E-state index in [1.54, 1.807) is 0 Å². The highest BCUT2D eigenvalue weighted by Crippen LogP contribution is 2.70. The van der Waals surface area contributed by atoms with Crippen LogP contribution in [0.4, 0.5) is 0 Å². The van der Waals surface area contributed by atoms with Gasteiger partial charge in [0.05, 0.1) is 0 Å². The first-order chi connectivity index (χ1) is 4.28. The Morgan fingerprint density at radius 1 is 1.67 bits per heavy atom. The van der Waals surface area contributed by atoms with Crippen molar-refractivity contribution in [1.82, 2.24) is 5.43 Å². The number of carbonyl (C=O) groups excluding carboxylic acids is 1. The van der Waals surface area contributed by atoms with Crippen LogP contribution in [0.15, 0.2) is 0 Å². The van der Waals surface area contributed by atoms with Crippen LogP contribution in [-0.2, 0) is 4.79 Å². The fourth-order valence-corrected chi connectivity index (χ4v) is 1.53. The SMILES string of the molecule is NNC(=O)[C@@H]1CC12CC2. The molecule has 1 spiro atoms. The van der Waals surface area contributed by atoms with Crippen molar-refractivity contribution in [2.24, 2.45) is 17.2 Å². The van der Waals surface area contributed by atoms with Gasteiger partial charge in [0.15, 0.2) is 0 Å². The Hall–Kier alpha value is -0.570. The van der Waals surface area contributed by atoms with Crippen molar-refractivity contribution in [3.05, 3.63) is 0 Å². The van der Waals surface area contributed by atoms with Crippen LogP contribution >= 0.6 is 0 Å². The van der Waals surface area contributed by atoms with Crippen molar-refractivity contribution in [2.75, 3.05) is 0 Å². The molecule has 0 aromatic heterocycles. The summed E-state index contributed by atoms with van der Waals surface area (Å²) in [6, 6.07) is 0. The predicted octanol–water partition coefficient (Wildman–Crippen LogP) is -0.224. The summed E-state index contributed by atoms with van der Waals surface area (Å²) in [6.07, 6.45) is 3.56. The van der Waals surface area contributed by atoms with Crippen LogP contribution in [0.25, 0.3) is 0 Å². The minimum absolute atomic E-state index is 0.0347. The molecule has 0 aromatic carbocycles. The van der Waals surface area contributed by atoms with Crippen LogP contribution in [-0.4, -0.2) is 5.91 Å². The maximum absolute atomic E-state index is 10.8. The summed E-state index contributed by atoms with van der Waals surface area (Å²) >= 11 is 0. The summed E-state index contributed by atoms with van der Waals surface area (Å²) in [7, 11) is 0. The minimum atomic E-state index is 0.0347. The average Bonchev–Trinajstić information content (AvgIpc) is 2.74. The van der Waals surface area contributed by atoms with Gasteiger partial charge in [-0.1, -0.05) is 0 Å². The molecule has 1 atom stereocenters. The van der Waals surface area contributed by atoms with E-state index in [0.29, 0.717) is 5.41 Å². The second-order valence-corrected chi connectivity index (χ2v) is 3.13. The number of carbonyl (C=O) groups is 1. The lowest BCUT2D eigenvalue weighted by atomic mass is 10.3. The lowest BCUT2D eigenvalue weighted by Crippen LogP contribution is -2.31. The monoisotopic (exact) mass is 126 g/mol. The molecular formula is C6H10N2O. The number of hydrogen-bond donors (Lipinski definition) is 2. The number of nitrogens with two attached hydrogens (primary N) is 1. The number of hydrazine groups is 1. The van der Waals surface area contributed by atoms with Crippen molar-refractivity contribution in [3.63, 3.8) is 0 Å². The van der Waals surface area contributed by atoms with Gasteiger partial charge in [0.1, 0.15) is 0 Å². The van der Waals surface area contributed by atoms with E-state index in [0.717, 1.165) is 6.42 Å². The highest BCUT2D eigenvalue weighted by atomic mass is 16.2. The van der Waals surface area contributed by atoms with Gasteiger partial charge >= 0.3 is 0 Å². The fraction of sp³-hybridized carbons (Fsp3) is 0.833. The Labute approximate surface area is 53.6 Å². The molecule has 50 valence electrons. The standard InChI is InChI=1S/C6H10N2O/c7-8-5(9)4-3-6(4)1-2-6/h4H,1-3,7H2,(H,8,9)/t4-/m0/s1. The molecule has 1 amide bonds. The summed E-state index contributed by atoms with van der Waals surface area (Å²) in [5.74, 6) is 5.26. The third-order valence-corrected chi connectivity index (χ3v) is 2.54. The van der Waals surface area contributed by atoms with Crippen LogP contribution in [0, 0.1) is 11.3 Å². The molecule has 3 heteroatoms. The molecule has 2 aliphatic carbocycles. The first-order valence-corrected chi connectivity index (χ1v) is 3.29. The van der Waals surface area contributed by atoms with E-state index in [1.165, 1.54) is 12.8 Å². The topological polar surface area (TPSA) is 55.1 Å². The molecule has 0 bridgehead atoms.